The van der Waals surface area contributed by atoms with Crippen molar-refractivity contribution in [3.8, 4) is 16.9 Å². The van der Waals surface area contributed by atoms with Crippen molar-refractivity contribution in [3.63, 3.8) is 0 Å². The molecule has 2 atom stereocenters. The van der Waals surface area contributed by atoms with Gasteiger partial charge < -0.3 is 14.8 Å². The summed E-state index contributed by atoms with van der Waals surface area (Å²) in [5.74, 6) is 0.721. The summed E-state index contributed by atoms with van der Waals surface area (Å²) < 4.78 is 26.2. The predicted octanol–water partition coefficient (Wildman–Crippen LogP) is 6.33. The van der Waals surface area contributed by atoms with E-state index in [-0.39, 0.29) is 0 Å². The lowest BCUT2D eigenvalue weighted by molar-refractivity contribution is 0.146. The van der Waals surface area contributed by atoms with E-state index in [1.807, 2.05) is 30.3 Å². The molecule has 0 bridgehead atoms. The van der Waals surface area contributed by atoms with Gasteiger partial charge in [0.2, 0.25) is 0 Å². The predicted molar refractivity (Wildman–Crippen MR) is 136 cm³/mol. The minimum atomic E-state index is -1.60. The van der Waals surface area contributed by atoms with E-state index in [0.29, 0.717) is 18.8 Å². The Morgan fingerprint density at radius 2 is 1.87 bits per heavy atom. The summed E-state index contributed by atoms with van der Waals surface area (Å²) in [7, 11) is 6.12. The van der Waals surface area contributed by atoms with Crippen molar-refractivity contribution in [3.05, 3.63) is 72.3 Å². The van der Waals surface area contributed by atoms with E-state index >= 15 is 0 Å². The largest absolute Gasteiger partial charge is 0.490 e. The number of nitrogens with one attached hydrogen (secondary N) is 1. The van der Waals surface area contributed by atoms with Crippen molar-refractivity contribution in [2.45, 2.75) is 18.5 Å². The average Bonchev–Trinajstić information content (AvgIpc) is 2.76. The maximum Gasteiger partial charge on any atom is 0.160 e. The summed E-state index contributed by atoms with van der Waals surface area (Å²) in [5, 5.41) is 3.89. The van der Waals surface area contributed by atoms with E-state index in [1.165, 1.54) is 0 Å². The summed E-state index contributed by atoms with van der Waals surface area (Å²) in [4.78, 5) is 0. The van der Waals surface area contributed by atoms with Gasteiger partial charge in [0.1, 0.15) is 12.4 Å². The molecule has 3 aromatic rings. The zero-order valence-electron chi connectivity index (χ0n) is 18.1. The number of benzene rings is 3. The third-order valence-corrected chi connectivity index (χ3v) is 5.71. The number of alkyl halides is 1. The molecule has 2 unspecified atom stereocenters. The Balaban J connectivity index is 2.28. The van der Waals surface area contributed by atoms with Gasteiger partial charge in [0.05, 0.1) is 6.61 Å². The van der Waals surface area contributed by atoms with E-state index in [9.17, 15) is 4.39 Å². The highest BCUT2D eigenvalue weighted by Crippen LogP contribution is 2.45. The van der Waals surface area contributed by atoms with Crippen molar-refractivity contribution >= 4 is 34.9 Å². The van der Waals surface area contributed by atoms with Crippen LogP contribution in [0.5, 0.6) is 5.75 Å². The van der Waals surface area contributed by atoms with E-state index in [4.69, 9.17) is 9.47 Å². The molecular weight excluding hydrogens is 427 g/mol. The van der Waals surface area contributed by atoms with Crippen LogP contribution < -0.4 is 10.1 Å². The number of methoxy groups -OCH3 is 1. The van der Waals surface area contributed by atoms with Crippen molar-refractivity contribution in [2.24, 2.45) is 0 Å². The third-order valence-electron chi connectivity index (χ3n) is 5.04. The maximum absolute atomic E-state index is 14.7. The number of hydrogen-bond acceptors (Lipinski definition) is 3. The first kappa shape index (κ1) is 23.7. The molecule has 6 heteroatoms. The van der Waals surface area contributed by atoms with Gasteiger partial charge in [0, 0.05) is 30.5 Å². The normalized spacial score (nSPS) is 11.5. The topological polar surface area (TPSA) is 30.5 Å². The molecule has 0 radical (unpaired) electrons. The van der Waals surface area contributed by atoms with Crippen molar-refractivity contribution in [1.82, 2.24) is 5.32 Å². The Morgan fingerprint density at radius 1 is 1.10 bits per heavy atom. The van der Waals surface area contributed by atoms with Crippen molar-refractivity contribution < 1.29 is 13.9 Å². The summed E-state index contributed by atoms with van der Waals surface area (Å²) in [6, 6.07) is 17.8. The highest BCUT2D eigenvalue weighted by atomic mass is 31.1. The fraction of sp³-hybridized carbons (Fsp3) is 0.280. The lowest BCUT2D eigenvalue weighted by atomic mass is 9.92. The Hall–Kier alpha value is -1.99. The van der Waals surface area contributed by atoms with Crippen LogP contribution in [0.4, 0.5) is 4.39 Å². The van der Waals surface area contributed by atoms with E-state index in [2.05, 4.69) is 55.5 Å². The molecule has 164 valence electrons. The molecule has 0 aliphatic rings. The average molecular weight is 457 g/mol. The second-order valence-corrected chi connectivity index (χ2v) is 9.79. The van der Waals surface area contributed by atoms with Crippen LogP contribution in [0.1, 0.15) is 24.5 Å². The first-order chi connectivity index (χ1) is 14.9. The zero-order valence-corrected chi connectivity index (χ0v) is 20.4. The van der Waals surface area contributed by atoms with Crippen LogP contribution in [-0.4, -0.2) is 26.9 Å². The molecule has 0 spiro atoms. The highest BCUT2D eigenvalue weighted by molar-refractivity contribution is 7.38. The second kappa shape index (κ2) is 10.6. The number of halogens is 1. The third kappa shape index (κ3) is 5.63. The van der Waals surface area contributed by atoms with Crippen LogP contribution in [0.15, 0.2) is 61.2 Å². The Kier molecular flexibility index (Phi) is 8.06. The molecule has 0 saturated heterocycles. The van der Waals surface area contributed by atoms with Crippen molar-refractivity contribution in [2.75, 3.05) is 26.9 Å². The van der Waals surface area contributed by atoms with Gasteiger partial charge in [0.15, 0.2) is 5.15 Å². The van der Waals surface area contributed by atoms with Crippen LogP contribution in [0.3, 0.4) is 0 Å². The van der Waals surface area contributed by atoms with Crippen LogP contribution in [0.2, 0.25) is 0 Å². The van der Waals surface area contributed by atoms with Crippen LogP contribution in [0, 0.1) is 0 Å². The fourth-order valence-electron chi connectivity index (χ4n) is 3.50. The van der Waals surface area contributed by atoms with Gasteiger partial charge >= 0.3 is 0 Å². The van der Waals surface area contributed by atoms with Gasteiger partial charge in [-0.15, -0.1) is 0 Å². The lowest BCUT2D eigenvalue weighted by Gasteiger charge is -2.22. The smallest absolute Gasteiger partial charge is 0.160 e. The molecule has 0 saturated carbocycles. The monoisotopic (exact) mass is 457 g/mol. The van der Waals surface area contributed by atoms with Gasteiger partial charge in [0.25, 0.3) is 0 Å². The number of hydrogen-bond donors (Lipinski definition) is 1. The SMILES string of the molecule is C=C(NCCC)c1cc2ccccc2c(-c2cccc(C(F)(P)P)c2)c1OCCOC. The minimum Gasteiger partial charge on any atom is -0.490 e. The molecule has 0 aromatic heterocycles. The molecule has 3 rings (SSSR count). The van der Waals surface area contributed by atoms with Gasteiger partial charge in [-0.3, -0.25) is 0 Å². The van der Waals surface area contributed by atoms with E-state index < -0.39 is 5.15 Å². The van der Waals surface area contributed by atoms with Gasteiger partial charge in [-0.2, -0.15) is 0 Å². The second-order valence-electron chi connectivity index (χ2n) is 7.44. The summed E-state index contributed by atoms with van der Waals surface area (Å²) >= 11 is 0. The van der Waals surface area contributed by atoms with Gasteiger partial charge in [-0.25, -0.2) is 4.39 Å². The number of fused-ring (bicyclic) bond motifs is 1. The molecule has 1 N–H and O–H groups in total. The molecule has 0 aliphatic heterocycles. The van der Waals surface area contributed by atoms with Gasteiger partial charge in [-0.1, -0.05) is 74.4 Å². The highest BCUT2D eigenvalue weighted by Gasteiger charge is 2.22. The molecule has 0 amide bonds. The summed E-state index contributed by atoms with van der Waals surface area (Å²) in [6.07, 6.45) is 0.988. The maximum atomic E-state index is 14.7. The Morgan fingerprint density at radius 3 is 2.58 bits per heavy atom. The van der Waals surface area contributed by atoms with E-state index in [1.54, 1.807) is 13.2 Å². The molecule has 3 nitrogen and oxygen atoms in total. The molecule has 0 fully saturated rings. The zero-order chi connectivity index (χ0) is 22.4. The standard InChI is InChI=1S/C25H30FNO2P2/c1-4-12-27-17(2)22-16-18-8-5-6-11-21(18)23(24(22)29-14-13-28-3)19-9-7-10-20(15-19)25(26,30)31/h5-11,15-16,27H,2,4,12-14,30-31H2,1,3H3. The molecular formula is C25H30FNO2P2. The van der Waals surface area contributed by atoms with Crippen molar-refractivity contribution in [1.29, 1.82) is 0 Å². The molecule has 0 aliphatic carbocycles. The Bertz CT molecular complexity index is 1060. The number of ether oxygens (including phenoxy) is 2. The van der Waals surface area contributed by atoms with Crippen LogP contribution in [0.25, 0.3) is 27.6 Å². The molecule has 31 heavy (non-hydrogen) atoms. The van der Waals surface area contributed by atoms with Crippen LogP contribution in [-0.2, 0) is 9.89 Å². The number of rotatable bonds is 10. The first-order valence-electron chi connectivity index (χ1n) is 10.3. The minimum absolute atomic E-state index is 0.399. The summed E-state index contributed by atoms with van der Waals surface area (Å²) in [5.41, 5.74) is 4.06. The van der Waals surface area contributed by atoms with E-state index in [0.717, 1.165) is 51.9 Å². The molecule has 0 heterocycles. The first-order valence-corrected chi connectivity index (χ1v) is 11.5. The quantitative estimate of drug-likeness (QED) is 0.285. The lowest BCUT2D eigenvalue weighted by Crippen LogP contribution is -2.14. The fourth-order valence-corrected chi connectivity index (χ4v) is 3.86. The Labute approximate surface area is 188 Å². The molecule has 3 aromatic carbocycles. The van der Waals surface area contributed by atoms with Gasteiger partial charge in [-0.05, 0) is 40.5 Å². The van der Waals surface area contributed by atoms with Crippen LogP contribution >= 0.6 is 18.5 Å². The summed E-state index contributed by atoms with van der Waals surface area (Å²) in [6.45, 7) is 8.05.